The molecule has 0 atom stereocenters. The molecule has 2 rings (SSSR count). The first-order valence-electron chi connectivity index (χ1n) is 9.72. The van der Waals surface area contributed by atoms with Gasteiger partial charge in [-0.15, -0.1) is 0 Å². The van der Waals surface area contributed by atoms with Gasteiger partial charge in [0.15, 0.2) is 6.61 Å². The summed E-state index contributed by atoms with van der Waals surface area (Å²) >= 11 is 12.0. The molecular formula is C21H24Cl2N4O5S. The zero-order valence-electron chi connectivity index (χ0n) is 18.2. The van der Waals surface area contributed by atoms with Gasteiger partial charge in [-0.05, 0) is 61.9 Å². The number of carbonyl (C=O) groups is 2. The van der Waals surface area contributed by atoms with Crippen LogP contribution in [0.15, 0.2) is 47.6 Å². The van der Waals surface area contributed by atoms with Crippen molar-refractivity contribution >= 4 is 56.9 Å². The number of hydrogen-bond donors (Lipinski definition) is 2. The Morgan fingerprint density at radius 2 is 1.79 bits per heavy atom. The smallest absolute Gasteiger partial charge is 0.260 e. The summed E-state index contributed by atoms with van der Waals surface area (Å²) in [6.07, 6.45) is 2.33. The van der Waals surface area contributed by atoms with Crippen LogP contribution in [0.2, 0.25) is 10.0 Å². The van der Waals surface area contributed by atoms with Gasteiger partial charge in [0.05, 0.1) is 23.2 Å². The van der Waals surface area contributed by atoms with Gasteiger partial charge in [-0.2, -0.15) is 5.10 Å². The lowest BCUT2D eigenvalue weighted by Gasteiger charge is -2.22. The molecule has 2 aromatic rings. The van der Waals surface area contributed by atoms with Crippen molar-refractivity contribution in [2.24, 2.45) is 5.10 Å². The summed E-state index contributed by atoms with van der Waals surface area (Å²) in [6, 6.07) is 11.0. The summed E-state index contributed by atoms with van der Waals surface area (Å²) in [7, 11) is -3.82. The first-order chi connectivity index (χ1) is 15.5. The minimum absolute atomic E-state index is 0.0295. The Morgan fingerprint density at radius 1 is 1.12 bits per heavy atom. The van der Waals surface area contributed by atoms with Gasteiger partial charge in [0.1, 0.15) is 12.3 Å². The molecule has 2 amide bonds. The Hall–Kier alpha value is -2.82. The fourth-order valence-corrected chi connectivity index (χ4v) is 3.86. The van der Waals surface area contributed by atoms with E-state index < -0.39 is 22.5 Å². The van der Waals surface area contributed by atoms with Crippen molar-refractivity contribution in [1.82, 2.24) is 10.7 Å². The molecule has 0 aliphatic heterocycles. The number of hydrazone groups is 1. The molecule has 0 heterocycles. The van der Waals surface area contributed by atoms with E-state index in [1.165, 1.54) is 24.4 Å². The van der Waals surface area contributed by atoms with Crippen molar-refractivity contribution in [3.63, 3.8) is 0 Å². The lowest BCUT2D eigenvalue weighted by Crippen LogP contribution is -2.39. The van der Waals surface area contributed by atoms with Gasteiger partial charge in [-0.3, -0.25) is 13.9 Å². The van der Waals surface area contributed by atoms with Crippen LogP contribution in [0.25, 0.3) is 0 Å². The van der Waals surface area contributed by atoms with Gasteiger partial charge in [0.2, 0.25) is 10.0 Å². The first-order valence-corrected chi connectivity index (χ1v) is 12.3. The molecule has 9 nitrogen and oxygen atoms in total. The molecule has 0 saturated carbocycles. The summed E-state index contributed by atoms with van der Waals surface area (Å²) in [5.41, 5.74) is 3.01. The second-order valence-electron chi connectivity index (χ2n) is 7.24. The van der Waals surface area contributed by atoms with Gasteiger partial charge in [0.25, 0.3) is 11.8 Å². The van der Waals surface area contributed by atoms with Crippen LogP contribution in [0, 0.1) is 0 Å². The van der Waals surface area contributed by atoms with Gasteiger partial charge >= 0.3 is 0 Å². The van der Waals surface area contributed by atoms with Gasteiger partial charge in [-0.1, -0.05) is 23.2 Å². The minimum Gasteiger partial charge on any atom is -0.484 e. The SMILES string of the molecule is CC(C)NC(=O)COc1ccc(/C=N\NC(=O)CN(c2cc(Cl)ccc2Cl)S(C)(=O)=O)cc1. The summed E-state index contributed by atoms with van der Waals surface area (Å²) < 4.78 is 30.6. The highest BCUT2D eigenvalue weighted by Crippen LogP contribution is 2.30. The van der Waals surface area contributed by atoms with Crippen LogP contribution < -0.4 is 19.8 Å². The molecule has 2 N–H and O–H groups in total. The number of nitrogens with one attached hydrogen (secondary N) is 2. The zero-order valence-corrected chi connectivity index (χ0v) is 20.5. The number of ether oxygens (including phenoxy) is 1. The molecule has 12 heteroatoms. The number of hydrogen-bond acceptors (Lipinski definition) is 6. The Morgan fingerprint density at radius 3 is 2.39 bits per heavy atom. The Labute approximate surface area is 202 Å². The summed E-state index contributed by atoms with van der Waals surface area (Å²) in [6.45, 7) is 3.07. The largest absolute Gasteiger partial charge is 0.484 e. The summed E-state index contributed by atoms with van der Waals surface area (Å²) in [4.78, 5) is 23.9. The van der Waals surface area contributed by atoms with Crippen LogP contribution in [-0.2, 0) is 19.6 Å². The fraction of sp³-hybridized carbons (Fsp3) is 0.286. The highest BCUT2D eigenvalue weighted by Gasteiger charge is 2.23. The maximum Gasteiger partial charge on any atom is 0.260 e. The molecule has 0 aliphatic rings. The van der Waals surface area contributed by atoms with E-state index in [2.05, 4.69) is 15.8 Å². The Bertz CT molecular complexity index is 1120. The molecular weight excluding hydrogens is 491 g/mol. The van der Waals surface area contributed by atoms with E-state index in [9.17, 15) is 18.0 Å². The molecule has 178 valence electrons. The number of sulfonamides is 1. The molecule has 2 aromatic carbocycles. The molecule has 33 heavy (non-hydrogen) atoms. The van der Waals surface area contributed by atoms with Crippen molar-refractivity contribution in [3.05, 3.63) is 58.1 Å². The van der Waals surface area contributed by atoms with Crippen LogP contribution in [-0.4, -0.2) is 51.9 Å². The average Bonchev–Trinajstić information content (AvgIpc) is 2.72. The van der Waals surface area contributed by atoms with Crippen molar-refractivity contribution in [1.29, 1.82) is 0 Å². The van der Waals surface area contributed by atoms with Crippen LogP contribution in [0.4, 0.5) is 5.69 Å². The van der Waals surface area contributed by atoms with Gasteiger partial charge in [-0.25, -0.2) is 13.8 Å². The lowest BCUT2D eigenvalue weighted by atomic mass is 10.2. The molecule has 0 aliphatic carbocycles. The maximum absolute atomic E-state index is 12.3. The first kappa shape index (κ1) is 26.4. The quantitative estimate of drug-likeness (QED) is 0.373. The number of carbonyl (C=O) groups excluding carboxylic acids is 2. The number of anilines is 1. The van der Waals surface area contributed by atoms with Crippen LogP contribution in [0.5, 0.6) is 5.75 Å². The summed E-state index contributed by atoms with van der Waals surface area (Å²) in [5.74, 6) is -0.401. The molecule has 0 fully saturated rings. The molecule has 0 saturated heterocycles. The molecule has 0 radical (unpaired) electrons. The van der Waals surface area contributed by atoms with E-state index in [0.29, 0.717) is 11.3 Å². The van der Waals surface area contributed by atoms with E-state index in [-0.39, 0.29) is 34.3 Å². The van der Waals surface area contributed by atoms with E-state index in [0.717, 1.165) is 10.6 Å². The minimum atomic E-state index is -3.82. The normalized spacial score (nSPS) is 11.5. The Balaban J connectivity index is 1.95. The van der Waals surface area contributed by atoms with E-state index in [1.54, 1.807) is 24.3 Å². The van der Waals surface area contributed by atoms with Crippen LogP contribution >= 0.6 is 23.2 Å². The number of rotatable bonds is 10. The van der Waals surface area contributed by atoms with Crippen molar-refractivity contribution in [2.45, 2.75) is 19.9 Å². The fourth-order valence-electron chi connectivity index (χ4n) is 2.57. The van der Waals surface area contributed by atoms with Crippen molar-refractivity contribution < 1.29 is 22.7 Å². The van der Waals surface area contributed by atoms with Crippen molar-refractivity contribution in [3.8, 4) is 5.75 Å². The van der Waals surface area contributed by atoms with Gasteiger partial charge < -0.3 is 10.1 Å². The number of amides is 2. The third-order valence-corrected chi connectivity index (χ3v) is 5.65. The molecule has 0 bridgehead atoms. The second kappa shape index (κ2) is 11.9. The predicted octanol–water partition coefficient (Wildman–Crippen LogP) is 2.81. The van der Waals surface area contributed by atoms with Crippen molar-refractivity contribution in [2.75, 3.05) is 23.7 Å². The standard InChI is InChI=1S/C21H24Cl2N4O5S/c1-14(2)25-21(29)13-32-17-7-4-15(5-8-17)11-24-26-20(28)12-27(33(3,30)31)19-10-16(22)6-9-18(19)23/h4-11,14H,12-13H2,1-3H3,(H,25,29)(H,26,28)/b24-11-. The van der Waals surface area contributed by atoms with E-state index in [1.807, 2.05) is 13.8 Å². The third-order valence-electron chi connectivity index (χ3n) is 3.97. The number of benzene rings is 2. The predicted molar refractivity (Wildman–Crippen MR) is 130 cm³/mol. The topological polar surface area (TPSA) is 117 Å². The number of nitrogens with zero attached hydrogens (tertiary/aromatic N) is 2. The maximum atomic E-state index is 12.3. The Kier molecular flexibility index (Phi) is 9.51. The number of halogens is 2. The van der Waals surface area contributed by atoms with Crippen LogP contribution in [0.3, 0.4) is 0 Å². The van der Waals surface area contributed by atoms with E-state index >= 15 is 0 Å². The molecule has 0 spiro atoms. The summed E-state index contributed by atoms with van der Waals surface area (Å²) in [5, 5.41) is 6.96. The highest BCUT2D eigenvalue weighted by atomic mass is 35.5. The third kappa shape index (κ3) is 8.91. The van der Waals surface area contributed by atoms with Crippen LogP contribution in [0.1, 0.15) is 19.4 Å². The monoisotopic (exact) mass is 514 g/mol. The average molecular weight is 515 g/mol. The zero-order chi connectivity index (χ0) is 24.6. The lowest BCUT2D eigenvalue weighted by molar-refractivity contribution is -0.123. The molecule has 0 aromatic heterocycles. The van der Waals surface area contributed by atoms with E-state index in [4.69, 9.17) is 27.9 Å². The molecule has 0 unspecified atom stereocenters. The highest BCUT2D eigenvalue weighted by molar-refractivity contribution is 7.92. The van der Waals surface area contributed by atoms with Gasteiger partial charge in [0, 0.05) is 11.1 Å². The second-order valence-corrected chi connectivity index (χ2v) is 9.99.